The third-order valence-corrected chi connectivity index (χ3v) is 6.58. The smallest absolute Gasteiger partial charge is 0.0780 e. The summed E-state index contributed by atoms with van der Waals surface area (Å²) in [7, 11) is 2.20. The molecule has 0 N–H and O–H groups in total. The first-order chi connectivity index (χ1) is 14.7. The monoisotopic (exact) mass is 404 g/mol. The number of nitrogens with zero attached hydrogens (tertiary/aromatic N) is 4. The molecule has 2 fully saturated rings. The molecule has 5 rings (SSSR count). The van der Waals surface area contributed by atoms with E-state index in [2.05, 4.69) is 65.1 Å². The Kier molecular flexibility index (Phi) is 5.59. The average Bonchev–Trinajstić information content (AvgIpc) is 3.16. The second kappa shape index (κ2) is 8.50. The zero-order valence-corrected chi connectivity index (χ0v) is 18.2. The second-order valence-corrected chi connectivity index (χ2v) is 8.89. The first-order valence-corrected chi connectivity index (χ1v) is 11.2. The van der Waals surface area contributed by atoms with Crippen LogP contribution >= 0.6 is 0 Å². The largest absolute Gasteiger partial charge is 0.379 e. The van der Waals surface area contributed by atoms with E-state index < -0.39 is 0 Å². The van der Waals surface area contributed by atoms with Gasteiger partial charge in [0.25, 0.3) is 0 Å². The Morgan fingerprint density at radius 2 is 1.70 bits per heavy atom. The zero-order valence-electron chi connectivity index (χ0n) is 18.2. The minimum Gasteiger partial charge on any atom is -0.379 e. The Hall–Kier alpha value is -2.21. The molecule has 0 unspecified atom stereocenters. The number of morpholine rings is 1. The quantitative estimate of drug-likeness (QED) is 0.782. The lowest BCUT2D eigenvalue weighted by Crippen LogP contribution is -2.44. The van der Waals surface area contributed by atoms with Gasteiger partial charge in [-0.3, -0.25) is 9.88 Å². The van der Waals surface area contributed by atoms with Crippen molar-refractivity contribution in [1.82, 2.24) is 14.8 Å². The molecular formula is C25H32N4O. The first-order valence-electron chi connectivity index (χ1n) is 11.2. The Balaban J connectivity index is 1.37. The van der Waals surface area contributed by atoms with Crippen molar-refractivity contribution in [1.29, 1.82) is 0 Å². The number of likely N-dealkylation sites (N-methyl/N-ethyl adjacent to an activating group) is 1. The van der Waals surface area contributed by atoms with Gasteiger partial charge in [0.1, 0.15) is 0 Å². The summed E-state index contributed by atoms with van der Waals surface area (Å²) in [6.45, 7) is 11.4. The summed E-state index contributed by atoms with van der Waals surface area (Å²) < 4.78 is 5.50. The molecule has 0 radical (unpaired) electrons. The Morgan fingerprint density at radius 3 is 2.43 bits per heavy atom. The maximum Gasteiger partial charge on any atom is 0.0780 e. The van der Waals surface area contributed by atoms with Crippen LogP contribution in [0.5, 0.6) is 0 Å². The van der Waals surface area contributed by atoms with E-state index in [0.717, 1.165) is 76.8 Å². The number of aryl methyl sites for hydroxylation is 1. The van der Waals surface area contributed by atoms with Crippen molar-refractivity contribution in [3.63, 3.8) is 0 Å². The summed E-state index contributed by atoms with van der Waals surface area (Å²) in [6.07, 6.45) is 3.43. The Morgan fingerprint density at radius 1 is 0.967 bits per heavy atom. The van der Waals surface area contributed by atoms with E-state index in [0.29, 0.717) is 0 Å². The van der Waals surface area contributed by atoms with Gasteiger partial charge in [0, 0.05) is 68.3 Å². The lowest BCUT2D eigenvalue weighted by Gasteiger charge is -2.34. The molecule has 0 bridgehead atoms. The number of rotatable bonds is 4. The van der Waals surface area contributed by atoms with Crippen molar-refractivity contribution in [2.24, 2.45) is 0 Å². The lowest BCUT2D eigenvalue weighted by molar-refractivity contribution is 0.0422. The van der Waals surface area contributed by atoms with Crippen LogP contribution in [0.4, 0.5) is 5.69 Å². The summed E-state index contributed by atoms with van der Waals surface area (Å²) in [4.78, 5) is 12.3. The Bertz CT molecular complexity index is 923. The average molecular weight is 405 g/mol. The SMILES string of the molecule is Cc1cc2c(c(-c3ccc(N4CCN(C)CC4)cc3)n1)C=C(CN1CCOCC1)C2. The normalized spacial score (nSPS) is 20.3. The van der Waals surface area contributed by atoms with Gasteiger partial charge in [-0.15, -0.1) is 0 Å². The van der Waals surface area contributed by atoms with Crippen LogP contribution < -0.4 is 4.90 Å². The van der Waals surface area contributed by atoms with Crippen molar-refractivity contribution in [3.8, 4) is 11.3 Å². The molecule has 2 aromatic rings. The van der Waals surface area contributed by atoms with E-state index in [9.17, 15) is 0 Å². The van der Waals surface area contributed by atoms with Crippen LogP contribution in [-0.2, 0) is 11.2 Å². The van der Waals surface area contributed by atoms with Crippen molar-refractivity contribution < 1.29 is 4.74 Å². The topological polar surface area (TPSA) is 31.8 Å². The molecule has 3 heterocycles. The summed E-state index contributed by atoms with van der Waals surface area (Å²) in [5.74, 6) is 0. The van der Waals surface area contributed by atoms with Gasteiger partial charge in [0.15, 0.2) is 0 Å². The van der Waals surface area contributed by atoms with E-state index in [1.54, 1.807) is 0 Å². The molecule has 158 valence electrons. The number of pyridine rings is 1. The molecule has 1 aliphatic carbocycles. The van der Waals surface area contributed by atoms with Crippen LogP contribution in [0.15, 0.2) is 35.9 Å². The minimum absolute atomic E-state index is 0.853. The van der Waals surface area contributed by atoms with E-state index in [1.165, 1.54) is 28.0 Å². The van der Waals surface area contributed by atoms with E-state index >= 15 is 0 Å². The molecule has 5 heteroatoms. The van der Waals surface area contributed by atoms with Gasteiger partial charge in [-0.25, -0.2) is 0 Å². The molecule has 2 saturated heterocycles. The highest BCUT2D eigenvalue weighted by molar-refractivity contribution is 5.79. The van der Waals surface area contributed by atoms with Crippen LogP contribution in [0.2, 0.25) is 0 Å². The highest BCUT2D eigenvalue weighted by Gasteiger charge is 2.21. The van der Waals surface area contributed by atoms with Crippen molar-refractivity contribution in [2.45, 2.75) is 13.3 Å². The molecule has 2 aliphatic heterocycles. The third kappa shape index (κ3) is 4.15. The van der Waals surface area contributed by atoms with Gasteiger partial charge in [0.05, 0.1) is 18.9 Å². The molecule has 1 aromatic carbocycles. The second-order valence-electron chi connectivity index (χ2n) is 8.89. The Labute approximate surface area is 180 Å². The standard InChI is InChI=1S/C25H32N4O/c1-19-15-22-16-20(18-28-11-13-30-14-12-28)17-24(22)25(26-19)21-3-5-23(6-4-21)29-9-7-27(2)8-10-29/h3-6,15,17H,7-14,16,18H2,1-2H3. The number of hydrogen-bond acceptors (Lipinski definition) is 5. The number of anilines is 1. The number of piperazine rings is 1. The van der Waals surface area contributed by atoms with Crippen molar-refractivity contribution in [3.05, 3.63) is 52.7 Å². The highest BCUT2D eigenvalue weighted by Crippen LogP contribution is 2.34. The molecular weight excluding hydrogens is 372 g/mol. The molecule has 3 aliphatic rings. The number of ether oxygens (including phenoxy) is 1. The predicted molar refractivity (Wildman–Crippen MR) is 123 cm³/mol. The fraction of sp³-hybridized carbons (Fsp3) is 0.480. The molecule has 0 atom stereocenters. The van der Waals surface area contributed by atoms with Gasteiger partial charge in [-0.1, -0.05) is 23.8 Å². The molecule has 0 saturated carbocycles. The molecule has 0 spiro atoms. The van der Waals surface area contributed by atoms with Crippen LogP contribution in [0.3, 0.4) is 0 Å². The van der Waals surface area contributed by atoms with E-state index in [4.69, 9.17) is 9.72 Å². The molecule has 5 nitrogen and oxygen atoms in total. The maximum atomic E-state index is 5.50. The minimum atomic E-state index is 0.853. The maximum absolute atomic E-state index is 5.50. The van der Waals surface area contributed by atoms with Crippen molar-refractivity contribution in [2.75, 3.05) is 71.0 Å². The fourth-order valence-corrected chi connectivity index (χ4v) is 4.82. The number of hydrogen-bond donors (Lipinski definition) is 0. The summed E-state index contributed by atoms with van der Waals surface area (Å²) >= 11 is 0. The van der Waals surface area contributed by atoms with Crippen molar-refractivity contribution >= 4 is 11.8 Å². The van der Waals surface area contributed by atoms with Gasteiger partial charge in [0.2, 0.25) is 0 Å². The van der Waals surface area contributed by atoms with Gasteiger partial charge >= 0.3 is 0 Å². The summed E-state index contributed by atoms with van der Waals surface area (Å²) in [6, 6.07) is 11.3. The number of benzene rings is 1. The van der Waals surface area contributed by atoms with Crippen LogP contribution in [0.25, 0.3) is 17.3 Å². The third-order valence-electron chi connectivity index (χ3n) is 6.58. The molecule has 1 aromatic heterocycles. The molecule has 30 heavy (non-hydrogen) atoms. The van der Waals surface area contributed by atoms with Crippen LogP contribution in [-0.4, -0.2) is 80.9 Å². The predicted octanol–water partition coefficient (Wildman–Crippen LogP) is 3.08. The summed E-state index contributed by atoms with van der Waals surface area (Å²) in [5.41, 5.74) is 9.01. The number of aromatic nitrogens is 1. The summed E-state index contributed by atoms with van der Waals surface area (Å²) in [5, 5.41) is 0. The van der Waals surface area contributed by atoms with E-state index in [1.807, 2.05) is 0 Å². The molecule has 0 amide bonds. The van der Waals surface area contributed by atoms with E-state index in [-0.39, 0.29) is 0 Å². The zero-order chi connectivity index (χ0) is 20.5. The number of fused-ring (bicyclic) bond motifs is 1. The van der Waals surface area contributed by atoms with Gasteiger partial charge in [-0.05, 0) is 44.2 Å². The van der Waals surface area contributed by atoms with Gasteiger partial charge in [-0.2, -0.15) is 0 Å². The highest BCUT2D eigenvalue weighted by atomic mass is 16.5. The lowest BCUT2D eigenvalue weighted by atomic mass is 10.0. The fourth-order valence-electron chi connectivity index (χ4n) is 4.82. The first kappa shape index (κ1) is 19.7. The van der Waals surface area contributed by atoms with Crippen LogP contribution in [0, 0.1) is 6.92 Å². The van der Waals surface area contributed by atoms with Crippen LogP contribution in [0.1, 0.15) is 16.8 Å². The van der Waals surface area contributed by atoms with Gasteiger partial charge < -0.3 is 14.5 Å².